The zero-order valence-electron chi connectivity index (χ0n) is 33.5. The van der Waals surface area contributed by atoms with Crippen LogP contribution in [0.3, 0.4) is 0 Å². The van der Waals surface area contributed by atoms with Crippen LogP contribution in [-0.2, 0) is 13.6 Å². The summed E-state index contributed by atoms with van der Waals surface area (Å²) in [6.07, 6.45) is 18.6. The topological polar surface area (TPSA) is 35.5 Å². The van der Waals surface area contributed by atoms with E-state index in [0.717, 1.165) is 64.4 Å². The van der Waals surface area contributed by atoms with Crippen molar-refractivity contribution in [2.75, 3.05) is 13.2 Å². The van der Waals surface area contributed by atoms with Crippen LogP contribution in [0.4, 0.5) is 0 Å². The summed E-state index contributed by atoms with van der Waals surface area (Å²) in [5.41, 5.74) is 5.67. The third-order valence-corrected chi connectivity index (χ3v) is 20.7. The van der Waals surface area contributed by atoms with Crippen LogP contribution in [0.15, 0.2) is 46.6 Å². The lowest BCUT2D eigenvalue weighted by Gasteiger charge is -2.44. The Balaban J connectivity index is 2.81. The second-order valence-corrected chi connectivity index (χ2v) is 27.9. The van der Waals surface area contributed by atoms with Gasteiger partial charge in [-0.3, -0.25) is 4.79 Å². The lowest BCUT2D eigenvalue weighted by Crippen LogP contribution is -2.42. The van der Waals surface area contributed by atoms with Gasteiger partial charge in [-0.1, -0.05) is 96.4 Å². The van der Waals surface area contributed by atoms with Gasteiger partial charge in [-0.2, -0.15) is 0 Å². The van der Waals surface area contributed by atoms with E-state index in [-0.39, 0.29) is 21.4 Å². The molecule has 0 unspecified atom stereocenters. The number of hydrogen-bond donors (Lipinski definition) is 0. The van der Waals surface area contributed by atoms with Crippen molar-refractivity contribution < 1.29 is 13.6 Å². The fourth-order valence-corrected chi connectivity index (χ4v) is 7.73. The van der Waals surface area contributed by atoms with Gasteiger partial charge in [-0.15, -0.1) is 0 Å². The van der Waals surface area contributed by atoms with Gasteiger partial charge in [0.25, 0.3) is 0 Å². The van der Waals surface area contributed by atoms with Crippen LogP contribution in [0.1, 0.15) is 141 Å². The van der Waals surface area contributed by atoms with Gasteiger partial charge >= 0.3 is 0 Å². The van der Waals surface area contributed by atoms with Crippen LogP contribution in [0.2, 0.25) is 36.3 Å². The summed E-state index contributed by atoms with van der Waals surface area (Å²) in [6, 6.07) is 0. The molecule has 0 radical (unpaired) electrons. The Morgan fingerprint density at radius 1 is 0.783 bits per heavy atom. The molecule has 0 aromatic carbocycles. The molecule has 266 valence electrons. The van der Waals surface area contributed by atoms with Crippen LogP contribution in [0, 0.1) is 17.3 Å². The molecule has 0 bridgehead atoms. The molecule has 1 aliphatic carbocycles. The molecule has 2 atom stereocenters. The highest BCUT2D eigenvalue weighted by Gasteiger charge is 2.44. The molecule has 3 nitrogen and oxygen atoms in total. The van der Waals surface area contributed by atoms with E-state index in [9.17, 15) is 4.79 Å². The number of carbonyl (C=O) groups excluding carboxylic acids is 1. The highest BCUT2D eigenvalue weighted by Crippen LogP contribution is 2.47. The highest BCUT2D eigenvalue weighted by molar-refractivity contribution is 6.74. The molecular formula is C41H76O3Si2. The second-order valence-electron chi connectivity index (χ2n) is 18.3. The van der Waals surface area contributed by atoms with Crippen molar-refractivity contribution in [3.8, 4) is 0 Å². The minimum atomic E-state index is -1.78. The Bertz CT molecular complexity index is 1090. The first kappa shape index (κ1) is 43.0. The van der Waals surface area contributed by atoms with Gasteiger partial charge in [-0.05, 0) is 132 Å². The minimum Gasteiger partial charge on any atom is -0.413 e. The SMILES string of the molecule is CC(C)=CCC/C(=C/CC/C(C)=C/C[C@H]1CCC(=O)[C@@H](CC/C(C)=C/CO[Si](C)(C)C(C)(C)C)C1(C)C)CO[Si](C)(C)C(C)(C)C. The number of carbonyl (C=O) groups is 1. The van der Waals surface area contributed by atoms with Gasteiger partial charge in [0.2, 0.25) is 0 Å². The third-order valence-electron chi connectivity index (χ3n) is 11.8. The van der Waals surface area contributed by atoms with Crippen molar-refractivity contribution in [2.45, 2.75) is 177 Å². The molecule has 0 saturated heterocycles. The zero-order chi connectivity index (χ0) is 35.6. The molecule has 1 aliphatic rings. The van der Waals surface area contributed by atoms with Crippen LogP contribution in [-0.4, -0.2) is 35.6 Å². The molecule has 1 fully saturated rings. The molecule has 0 amide bonds. The van der Waals surface area contributed by atoms with Crippen molar-refractivity contribution in [3.63, 3.8) is 0 Å². The second kappa shape index (κ2) is 18.1. The average Bonchev–Trinajstić information content (AvgIpc) is 2.89. The van der Waals surface area contributed by atoms with Crippen LogP contribution in [0.25, 0.3) is 0 Å². The number of hydrogen-bond acceptors (Lipinski definition) is 3. The fraction of sp³-hybridized carbons (Fsp3) is 0.780. The Labute approximate surface area is 289 Å². The van der Waals surface area contributed by atoms with Crippen molar-refractivity contribution >= 4 is 22.4 Å². The van der Waals surface area contributed by atoms with Crippen LogP contribution < -0.4 is 0 Å². The maximum atomic E-state index is 13.2. The number of ketones is 1. The summed E-state index contributed by atoms with van der Waals surface area (Å²) in [7, 11) is -3.52. The van der Waals surface area contributed by atoms with Crippen molar-refractivity contribution in [1.82, 2.24) is 0 Å². The molecule has 5 heteroatoms. The Kier molecular flexibility index (Phi) is 16.9. The number of allylic oxidation sites excluding steroid dienone is 6. The maximum Gasteiger partial charge on any atom is 0.192 e. The molecule has 0 N–H and O–H groups in total. The maximum absolute atomic E-state index is 13.2. The van der Waals surface area contributed by atoms with E-state index in [1.165, 1.54) is 22.3 Å². The summed E-state index contributed by atoms with van der Waals surface area (Å²) >= 11 is 0. The van der Waals surface area contributed by atoms with Crippen LogP contribution >= 0.6 is 0 Å². The van der Waals surface area contributed by atoms with E-state index in [1.807, 2.05) is 0 Å². The normalized spacial score (nSPS) is 20.7. The Morgan fingerprint density at radius 3 is 1.89 bits per heavy atom. The third kappa shape index (κ3) is 14.2. The van der Waals surface area contributed by atoms with Gasteiger partial charge in [0.15, 0.2) is 16.6 Å². The number of rotatable bonds is 17. The van der Waals surface area contributed by atoms with Gasteiger partial charge in [0.1, 0.15) is 5.78 Å². The Morgan fingerprint density at radius 2 is 1.33 bits per heavy atom. The highest BCUT2D eigenvalue weighted by atomic mass is 28.4. The molecular weight excluding hydrogens is 597 g/mol. The first-order valence-corrected chi connectivity index (χ1v) is 24.2. The van der Waals surface area contributed by atoms with Crippen molar-refractivity contribution in [1.29, 1.82) is 0 Å². The number of Topliss-reactive ketones (excluding diaryl/α,β-unsaturated/α-hetero) is 1. The van der Waals surface area contributed by atoms with Crippen molar-refractivity contribution in [2.24, 2.45) is 17.3 Å². The fourth-order valence-electron chi connectivity index (χ4n) is 5.82. The van der Waals surface area contributed by atoms with E-state index >= 15 is 0 Å². The first-order valence-electron chi connectivity index (χ1n) is 18.3. The monoisotopic (exact) mass is 673 g/mol. The van der Waals surface area contributed by atoms with E-state index in [0.29, 0.717) is 18.3 Å². The summed E-state index contributed by atoms with van der Waals surface area (Å²) in [6.45, 7) is 38.1. The first-order chi connectivity index (χ1) is 20.9. The molecule has 1 rings (SSSR count). The van der Waals surface area contributed by atoms with E-state index in [4.69, 9.17) is 8.85 Å². The predicted octanol–water partition coefficient (Wildman–Crippen LogP) is 13.2. The molecule has 0 aromatic rings. The lowest BCUT2D eigenvalue weighted by molar-refractivity contribution is -0.132. The molecule has 0 heterocycles. The molecule has 0 spiro atoms. The smallest absolute Gasteiger partial charge is 0.192 e. The lowest BCUT2D eigenvalue weighted by atomic mass is 9.59. The van der Waals surface area contributed by atoms with Crippen molar-refractivity contribution in [3.05, 3.63) is 46.6 Å². The summed E-state index contributed by atoms with van der Waals surface area (Å²) in [5.74, 6) is 1.15. The average molecular weight is 673 g/mol. The summed E-state index contributed by atoms with van der Waals surface area (Å²) in [5, 5.41) is 0.447. The largest absolute Gasteiger partial charge is 0.413 e. The van der Waals surface area contributed by atoms with Gasteiger partial charge in [-0.25, -0.2) is 0 Å². The molecule has 1 saturated carbocycles. The zero-order valence-corrected chi connectivity index (χ0v) is 35.5. The Hall–Kier alpha value is -1.02. The van der Waals surface area contributed by atoms with E-state index in [1.54, 1.807) is 0 Å². The summed E-state index contributed by atoms with van der Waals surface area (Å²) < 4.78 is 13.0. The molecule has 46 heavy (non-hydrogen) atoms. The molecule has 0 aromatic heterocycles. The molecule has 0 aliphatic heterocycles. The predicted molar refractivity (Wildman–Crippen MR) is 209 cm³/mol. The minimum absolute atomic E-state index is 0.0170. The van der Waals surface area contributed by atoms with Crippen LogP contribution in [0.5, 0.6) is 0 Å². The summed E-state index contributed by atoms with van der Waals surface area (Å²) in [4.78, 5) is 13.2. The standard InChI is InChI=1S/C41H76O3Si2/c1-32(2)19-17-21-35(31-44-46(15,16)40(8,9)10)22-18-20-33(3)23-25-36-26-28-38(42)37(41(36,11)12)27-24-34(4)29-30-43-45(13,14)39(5,6)7/h19,22-23,29,36-37H,17-18,20-21,24-28,30-31H2,1-16H3/b33-23+,34-29+,35-22-/t36-,37+/m0/s1. The van der Waals surface area contributed by atoms with E-state index in [2.05, 4.69) is 134 Å². The van der Waals surface area contributed by atoms with Gasteiger partial charge in [0, 0.05) is 12.3 Å². The van der Waals surface area contributed by atoms with Gasteiger partial charge in [0.05, 0.1) is 13.2 Å². The quantitative estimate of drug-likeness (QED) is 0.114. The van der Waals surface area contributed by atoms with E-state index < -0.39 is 16.6 Å². The van der Waals surface area contributed by atoms with Gasteiger partial charge < -0.3 is 8.85 Å².